The van der Waals surface area contributed by atoms with Crippen molar-refractivity contribution >= 4 is 27.5 Å². The zero-order valence-corrected chi connectivity index (χ0v) is 15.8. The molecular formula is C18H25N3O4S. The van der Waals surface area contributed by atoms with Gasteiger partial charge in [-0.3, -0.25) is 4.79 Å². The van der Waals surface area contributed by atoms with E-state index in [0.717, 1.165) is 25.9 Å². The van der Waals surface area contributed by atoms with Crippen LogP contribution in [-0.2, 0) is 9.84 Å². The summed E-state index contributed by atoms with van der Waals surface area (Å²) in [5.41, 5.74) is 1.20. The highest BCUT2D eigenvalue weighted by Crippen LogP contribution is 2.19. The van der Waals surface area contributed by atoms with Crippen LogP contribution in [0.1, 0.15) is 30.1 Å². The Kier molecular flexibility index (Phi) is 5.50. The zero-order valence-electron chi connectivity index (χ0n) is 15.0. The van der Waals surface area contributed by atoms with Gasteiger partial charge >= 0.3 is 6.03 Å². The highest BCUT2D eigenvalue weighted by Gasteiger charge is 2.25. The SMILES string of the molecule is CC1CCCN(C(=O)c2ccc(NC(=O)N3CCS(=O)(=O)CC3)cc2)C1. The molecule has 2 saturated heterocycles. The second-order valence-corrected chi connectivity index (χ2v) is 9.45. The number of nitrogens with one attached hydrogen (secondary N) is 1. The molecule has 3 rings (SSSR count). The second kappa shape index (κ2) is 7.65. The summed E-state index contributed by atoms with van der Waals surface area (Å²) < 4.78 is 22.9. The van der Waals surface area contributed by atoms with E-state index in [4.69, 9.17) is 0 Å². The summed E-state index contributed by atoms with van der Waals surface area (Å²) in [5, 5.41) is 2.76. The maximum absolute atomic E-state index is 12.6. The summed E-state index contributed by atoms with van der Waals surface area (Å²) in [6.45, 7) is 4.15. The average Bonchev–Trinajstić information content (AvgIpc) is 2.61. The summed E-state index contributed by atoms with van der Waals surface area (Å²) in [7, 11) is -3.02. The molecule has 8 heteroatoms. The molecule has 1 aromatic rings. The summed E-state index contributed by atoms with van der Waals surface area (Å²) in [6, 6.07) is 6.54. The number of hydrogen-bond donors (Lipinski definition) is 1. The van der Waals surface area contributed by atoms with Crippen molar-refractivity contribution in [3.05, 3.63) is 29.8 Å². The largest absolute Gasteiger partial charge is 0.338 e. The molecule has 0 radical (unpaired) electrons. The number of likely N-dealkylation sites (tertiary alicyclic amines) is 1. The van der Waals surface area contributed by atoms with Crippen molar-refractivity contribution in [2.24, 2.45) is 5.92 Å². The van der Waals surface area contributed by atoms with Crippen LogP contribution in [-0.4, -0.2) is 67.8 Å². The van der Waals surface area contributed by atoms with Crippen molar-refractivity contribution in [3.8, 4) is 0 Å². The molecule has 1 unspecified atom stereocenters. The number of nitrogens with zero attached hydrogens (tertiary/aromatic N) is 2. The lowest BCUT2D eigenvalue weighted by Crippen LogP contribution is -2.45. The van der Waals surface area contributed by atoms with Crippen molar-refractivity contribution in [1.82, 2.24) is 9.80 Å². The Bertz CT molecular complexity index is 762. The molecule has 0 aliphatic carbocycles. The number of hydrogen-bond acceptors (Lipinski definition) is 4. The second-order valence-electron chi connectivity index (χ2n) is 7.14. The third-order valence-electron chi connectivity index (χ3n) is 4.96. The molecule has 142 valence electrons. The molecule has 2 aliphatic heterocycles. The molecule has 1 atom stereocenters. The number of amides is 3. The Hall–Kier alpha value is -2.09. The predicted octanol–water partition coefficient (Wildman–Crippen LogP) is 1.82. The van der Waals surface area contributed by atoms with E-state index in [1.807, 2.05) is 4.90 Å². The Morgan fingerprint density at radius 3 is 2.31 bits per heavy atom. The van der Waals surface area contributed by atoms with E-state index in [9.17, 15) is 18.0 Å². The standard InChI is InChI=1S/C18H25N3O4S/c1-14-3-2-8-21(13-14)17(22)15-4-6-16(7-5-15)19-18(23)20-9-11-26(24,25)12-10-20/h4-7,14H,2-3,8-13H2,1H3,(H,19,23). The van der Waals surface area contributed by atoms with Crippen LogP contribution in [0.15, 0.2) is 24.3 Å². The number of anilines is 1. The average molecular weight is 379 g/mol. The third-order valence-corrected chi connectivity index (χ3v) is 6.57. The molecule has 3 amide bonds. The fourth-order valence-corrected chi connectivity index (χ4v) is 4.57. The normalized spacial score (nSPS) is 22.7. The van der Waals surface area contributed by atoms with Crippen LogP contribution in [0, 0.1) is 5.92 Å². The third kappa shape index (κ3) is 4.55. The van der Waals surface area contributed by atoms with E-state index < -0.39 is 9.84 Å². The lowest BCUT2D eigenvalue weighted by molar-refractivity contribution is 0.0683. The fourth-order valence-electron chi connectivity index (χ4n) is 3.37. The van der Waals surface area contributed by atoms with E-state index in [0.29, 0.717) is 17.2 Å². The van der Waals surface area contributed by atoms with Crippen molar-refractivity contribution in [3.63, 3.8) is 0 Å². The van der Waals surface area contributed by atoms with Crippen LogP contribution in [0.5, 0.6) is 0 Å². The first-order chi connectivity index (χ1) is 12.3. The summed E-state index contributed by atoms with van der Waals surface area (Å²) in [5.74, 6) is 0.555. The van der Waals surface area contributed by atoms with E-state index in [1.165, 1.54) is 4.90 Å². The highest BCUT2D eigenvalue weighted by molar-refractivity contribution is 7.91. The Balaban J connectivity index is 1.57. The van der Waals surface area contributed by atoms with E-state index >= 15 is 0 Å². The fraction of sp³-hybridized carbons (Fsp3) is 0.556. The van der Waals surface area contributed by atoms with Gasteiger partial charge in [-0.25, -0.2) is 13.2 Å². The molecular weight excluding hydrogens is 354 g/mol. The first kappa shape index (κ1) is 18.7. The molecule has 1 aromatic carbocycles. The van der Waals surface area contributed by atoms with Gasteiger partial charge in [0.05, 0.1) is 11.5 Å². The smallest absolute Gasteiger partial charge is 0.321 e. The first-order valence-electron chi connectivity index (χ1n) is 9.00. The topological polar surface area (TPSA) is 86.8 Å². The van der Waals surface area contributed by atoms with Gasteiger partial charge in [-0.1, -0.05) is 6.92 Å². The van der Waals surface area contributed by atoms with Crippen LogP contribution in [0.3, 0.4) is 0 Å². The van der Waals surface area contributed by atoms with Crippen molar-refractivity contribution < 1.29 is 18.0 Å². The minimum atomic E-state index is -3.02. The predicted molar refractivity (Wildman–Crippen MR) is 100.0 cm³/mol. The molecule has 2 aliphatic rings. The molecule has 0 saturated carbocycles. The number of carbonyl (C=O) groups excluding carboxylic acids is 2. The van der Waals surface area contributed by atoms with Crippen molar-refractivity contribution in [2.75, 3.05) is 43.0 Å². The zero-order chi connectivity index (χ0) is 18.7. The molecule has 26 heavy (non-hydrogen) atoms. The number of sulfone groups is 1. The van der Waals surface area contributed by atoms with Crippen LogP contribution in [0.25, 0.3) is 0 Å². The van der Waals surface area contributed by atoms with Crippen molar-refractivity contribution in [2.45, 2.75) is 19.8 Å². The van der Waals surface area contributed by atoms with Gasteiger partial charge in [0.15, 0.2) is 9.84 Å². The molecule has 0 aromatic heterocycles. The number of benzene rings is 1. The Morgan fingerprint density at radius 1 is 1.04 bits per heavy atom. The van der Waals surface area contributed by atoms with Gasteiger partial charge in [0.1, 0.15) is 0 Å². The van der Waals surface area contributed by atoms with Gasteiger partial charge < -0.3 is 15.1 Å². The summed E-state index contributed by atoms with van der Waals surface area (Å²) in [6.07, 6.45) is 2.19. The minimum Gasteiger partial charge on any atom is -0.338 e. The number of urea groups is 1. The molecule has 0 bridgehead atoms. The number of rotatable bonds is 2. The molecule has 1 N–H and O–H groups in total. The first-order valence-corrected chi connectivity index (χ1v) is 10.8. The molecule has 2 heterocycles. The van der Waals surface area contributed by atoms with E-state index in [2.05, 4.69) is 12.2 Å². The van der Waals surface area contributed by atoms with E-state index in [-0.39, 0.29) is 36.5 Å². The van der Waals surface area contributed by atoms with Gasteiger partial charge in [-0.2, -0.15) is 0 Å². The minimum absolute atomic E-state index is 0.00210. The van der Waals surface area contributed by atoms with Gasteiger partial charge in [-0.15, -0.1) is 0 Å². The van der Waals surface area contributed by atoms with Crippen LogP contribution >= 0.6 is 0 Å². The quantitative estimate of drug-likeness (QED) is 0.849. The molecule has 7 nitrogen and oxygen atoms in total. The van der Waals surface area contributed by atoms with Gasteiger partial charge in [0.2, 0.25) is 0 Å². The number of piperidine rings is 1. The van der Waals surface area contributed by atoms with Crippen LogP contribution in [0.2, 0.25) is 0 Å². The highest BCUT2D eigenvalue weighted by atomic mass is 32.2. The van der Waals surface area contributed by atoms with Gasteiger partial charge in [0.25, 0.3) is 5.91 Å². The van der Waals surface area contributed by atoms with Gasteiger partial charge in [-0.05, 0) is 43.0 Å². The lowest BCUT2D eigenvalue weighted by Gasteiger charge is -2.31. The molecule has 0 spiro atoms. The van der Waals surface area contributed by atoms with E-state index in [1.54, 1.807) is 24.3 Å². The van der Waals surface area contributed by atoms with Crippen LogP contribution < -0.4 is 5.32 Å². The van der Waals surface area contributed by atoms with Crippen molar-refractivity contribution in [1.29, 1.82) is 0 Å². The van der Waals surface area contributed by atoms with Crippen LogP contribution in [0.4, 0.5) is 10.5 Å². The Labute approximate surface area is 154 Å². The summed E-state index contributed by atoms with van der Waals surface area (Å²) in [4.78, 5) is 28.2. The Morgan fingerprint density at radius 2 is 1.69 bits per heavy atom. The molecule has 2 fully saturated rings. The number of carbonyl (C=O) groups is 2. The summed E-state index contributed by atoms with van der Waals surface area (Å²) >= 11 is 0. The van der Waals surface area contributed by atoms with Gasteiger partial charge in [0, 0.05) is 37.4 Å². The lowest BCUT2D eigenvalue weighted by atomic mass is 9.99. The maximum Gasteiger partial charge on any atom is 0.321 e. The monoisotopic (exact) mass is 379 g/mol. The maximum atomic E-state index is 12.6.